The van der Waals surface area contributed by atoms with E-state index in [1.165, 1.54) is 24.6 Å². The number of carbonyl (C=O) groups is 1. The molecule has 0 saturated carbocycles. The molecule has 1 saturated heterocycles. The molecule has 16 heavy (non-hydrogen) atoms. The quantitative estimate of drug-likeness (QED) is 0.808. The van der Waals surface area contributed by atoms with Crippen molar-refractivity contribution in [1.29, 1.82) is 0 Å². The predicted octanol–water partition coefficient (Wildman–Crippen LogP) is 1.38. The summed E-state index contributed by atoms with van der Waals surface area (Å²) in [7, 11) is 1.37. The van der Waals surface area contributed by atoms with E-state index in [2.05, 4.69) is 15.0 Å². The highest BCUT2D eigenvalue weighted by Crippen LogP contribution is 2.20. The maximum Gasteiger partial charge on any atom is 0.349 e. The van der Waals surface area contributed by atoms with Crippen molar-refractivity contribution < 1.29 is 14.3 Å². The molecule has 2 rings (SSSR count). The molecule has 0 spiro atoms. The number of methoxy groups -OCH3 is 1. The molecule has 1 N–H and O–H groups in total. The van der Waals surface area contributed by atoms with Crippen LogP contribution < -0.4 is 5.32 Å². The number of hydrogen-bond acceptors (Lipinski definition) is 6. The first-order valence-corrected chi connectivity index (χ1v) is 5.97. The Morgan fingerprint density at radius 2 is 2.69 bits per heavy atom. The number of thiazole rings is 1. The topological polar surface area (TPSA) is 60.5 Å². The van der Waals surface area contributed by atoms with Crippen LogP contribution in [0.15, 0.2) is 6.20 Å². The molecule has 1 aliphatic heterocycles. The fourth-order valence-corrected chi connectivity index (χ4v) is 2.27. The van der Waals surface area contributed by atoms with Gasteiger partial charge in [0.2, 0.25) is 0 Å². The van der Waals surface area contributed by atoms with E-state index >= 15 is 0 Å². The Morgan fingerprint density at radius 1 is 1.81 bits per heavy atom. The minimum Gasteiger partial charge on any atom is -0.465 e. The predicted molar refractivity (Wildman–Crippen MR) is 60.9 cm³/mol. The summed E-state index contributed by atoms with van der Waals surface area (Å²) in [5, 5.41) is 3.96. The Kier molecular flexibility index (Phi) is 3.74. The molecule has 1 aromatic rings. The third-order valence-corrected chi connectivity index (χ3v) is 3.39. The Bertz CT molecular complexity index is 361. The third-order valence-electron chi connectivity index (χ3n) is 2.46. The van der Waals surface area contributed by atoms with Gasteiger partial charge in [0, 0.05) is 19.1 Å². The lowest BCUT2D eigenvalue weighted by Crippen LogP contribution is -2.13. The van der Waals surface area contributed by atoms with Gasteiger partial charge in [0.1, 0.15) is 4.88 Å². The van der Waals surface area contributed by atoms with E-state index in [0.717, 1.165) is 31.3 Å². The highest BCUT2D eigenvalue weighted by Gasteiger charge is 2.16. The number of nitrogens with zero attached hydrogens (tertiary/aromatic N) is 1. The van der Waals surface area contributed by atoms with Gasteiger partial charge in [-0.05, 0) is 6.42 Å². The molecule has 0 amide bonds. The van der Waals surface area contributed by atoms with Gasteiger partial charge in [0.15, 0.2) is 5.13 Å². The van der Waals surface area contributed by atoms with Crippen molar-refractivity contribution in [2.24, 2.45) is 5.92 Å². The van der Waals surface area contributed by atoms with Gasteiger partial charge in [-0.15, -0.1) is 0 Å². The van der Waals surface area contributed by atoms with Crippen molar-refractivity contribution in [3.05, 3.63) is 11.1 Å². The van der Waals surface area contributed by atoms with E-state index in [1.54, 1.807) is 0 Å². The van der Waals surface area contributed by atoms with Crippen LogP contribution in [0, 0.1) is 5.92 Å². The first kappa shape index (κ1) is 11.3. The van der Waals surface area contributed by atoms with E-state index in [1.807, 2.05) is 0 Å². The van der Waals surface area contributed by atoms with E-state index in [-0.39, 0.29) is 5.97 Å². The Balaban J connectivity index is 1.85. The normalized spacial score (nSPS) is 19.7. The number of esters is 1. The second kappa shape index (κ2) is 5.27. The number of rotatable bonds is 4. The van der Waals surface area contributed by atoms with Crippen LogP contribution in [0.4, 0.5) is 5.13 Å². The fraction of sp³-hybridized carbons (Fsp3) is 0.600. The summed E-state index contributed by atoms with van der Waals surface area (Å²) in [6, 6.07) is 0. The molecule has 1 aliphatic rings. The van der Waals surface area contributed by atoms with Crippen LogP contribution in [0.1, 0.15) is 16.1 Å². The zero-order valence-corrected chi connectivity index (χ0v) is 9.88. The van der Waals surface area contributed by atoms with Gasteiger partial charge in [0.25, 0.3) is 0 Å². The molecule has 1 aromatic heterocycles. The van der Waals surface area contributed by atoms with E-state index in [9.17, 15) is 4.79 Å². The number of carbonyl (C=O) groups excluding carboxylic acids is 1. The maximum absolute atomic E-state index is 11.2. The number of ether oxygens (including phenoxy) is 2. The summed E-state index contributed by atoms with van der Waals surface area (Å²) in [4.78, 5) is 15.8. The number of aromatic nitrogens is 1. The van der Waals surface area contributed by atoms with Gasteiger partial charge < -0.3 is 14.8 Å². The van der Waals surface area contributed by atoms with Gasteiger partial charge in [-0.2, -0.15) is 0 Å². The van der Waals surface area contributed by atoms with Gasteiger partial charge in [-0.25, -0.2) is 9.78 Å². The van der Waals surface area contributed by atoms with Crippen LogP contribution in [0.3, 0.4) is 0 Å². The summed E-state index contributed by atoms with van der Waals surface area (Å²) >= 11 is 1.31. The smallest absolute Gasteiger partial charge is 0.349 e. The standard InChI is InChI=1S/C10H14N2O3S/c1-14-9(13)8-5-12-10(16-8)11-4-7-2-3-15-6-7/h5,7H,2-4,6H2,1H3,(H,11,12). The molecule has 1 atom stereocenters. The third kappa shape index (κ3) is 2.70. The molecular weight excluding hydrogens is 228 g/mol. The zero-order valence-electron chi connectivity index (χ0n) is 9.06. The molecule has 88 valence electrons. The average Bonchev–Trinajstić information content (AvgIpc) is 2.96. The van der Waals surface area contributed by atoms with Crippen LogP contribution in [-0.4, -0.2) is 37.8 Å². The molecule has 2 heterocycles. The molecule has 5 nitrogen and oxygen atoms in total. The Morgan fingerprint density at radius 3 is 3.38 bits per heavy atom. The average molecular weight is 242 g/mol. The van der Waals surface area contributed by atoms with Crippen molar-refractivity contribution in [1.82, 2.24) is 4.98 Å². The molecular formula is C10H14N2O3S. The first-order chi connectivity index (χ1) is 7.79. The molecule has 0 bridgehead atoms. The second-order valence-electron chi connectivity index (χ2n) is 3.63. The van der Waals surface area contributed by atoms with Crippen LogP contribution in [0.5, 0.6) is 0 Å². The number of hydrogen-bond donors (Lipinski definition) is 1. The van der Waals surface area contributed by atoms with Gasteiger partial charge >= 0.3 is 5.97 Å². The summed E-state index contributed by atoms with van der Waals surface area (Å²) in [6.07, 6.45) is 2.62. The maximum atomic E-state index is 11.2. The van der Waals surface area contributed by atoms with Gasteiger partial charge in [0.05, 0.1) is 19.9 Å². The molecule has 0 aromatic carbocycles. The summed E-state index contributed by atoms with van der Waals surface area (Å²) in [6.45, 7) is 2.49. The van der Waals surface area contributed by atoms with E-state index in [0.29, 0.717) is 10.8 Å². The van der Waals surface area contributed by atoms with Crippen molar-refractivity contribution >= 4 is 22.4 Å². The summed E-state index contributed by atoms with van der Waals surface area (Å²) in [5.74, 6) is 0.209. The van der Waals surface area contributed by atoms with Crippen LogP contribution >= 0.6 is 11.3 Å². The molecule has 1 unspecified atom stereocenters. The molecule has 6 heteroatoms. The fourth-order valence-electron chi connectivity index (χ4n) is 1.53. The monoisotopic (exact) mass is 242 g/mol. The minimum atomic E-state index is -0.338. The lowest BCUT2D eigenvalue weighted by Gasteiger charge is -2.07. The van der Waals surface area contributed by atoms with Crippen LogP contribution in [-0.2, 0) is 9.47 Å². The Labute approximate surface area is 97.8 Å². The van der Waals surface area contributed by atoms with Crippen LogP contribution in [0.25, 0.3) is 0 Å². The van der Waals surface area contributed by atoms with Gasteiger partial charge in [-0.3, -0.25) is 0 Å². The largest absolute Gasteiger partial charge is 0.465 e. The zero-order chi connectivity index (χ0) is 11.4. The lowest BCUT2D eigenvalue weighted by molar-refractivity contribution is 0.0606. The highest BCUT2D eigenvalue weighted by atomic mass is 32.1. The molecule has 0 radical (unpaired) electrons. The van der Waals surface area contributed by atoms with Crippen LogP contribution in [0.2, 0.25) is 0 Å². The summed E-state index contributed by atoms with van der Waals surface area (Å²) < 4.78 is 9.89. The van der Waals surface area contributed by atoms with E-state index < -0.39 is 0 Å². The lowest BCUT2D eigenvalue weighted by atomic mass is 10.1. The molecule has 0 aliphatic carbocycles. The minimum absolute atomic E-state index is 0.338. The van der Waals surface area contributed by atoms with Gasteiger partial charge in [-0.1, -0.05) is 11.3 Å². The second-order valence-corrected chi connectivity index (χ2v) is 4.66. The molecule has 1 fully saturated rings. The summed E-state index contributed by atoms with van der Waals surface area (Å²) in [5.41, 5.74) is 0. The Hall–Kier alpha value is -1.14. The van der Waals surface area contributed by atoms with Crippen molar-refractivity contribution in [3.63, 3.8) is 0 Å². The van der Waals surface area contributed by atoms with Crippen molar-refractivity contribution in [2.45, 2.75) is 6.42 Å². The number of anilines is 1. The highest BCUT2D eigenvalue weighted by molar-refractivity contribution is 7.17. The van der Waals surface area contributed by atoms with E-state index in [4.69, 9.17) is 4.74 Å². The first-order valence-electron chi connectivity index (χ1n) is 5.15. The number of nitrogens with one attached hydrogen (secondary N) is 1. The van der Waals surface area contributed by atoms with Crippen molar-refractivity contribution in [3.8, 4) is 0 Å². The SMILES string of the molecule is COC(=O)c1cnc(NCC2CCOC2)s1. The van der Waals surface area contributed by atoms with Crippen molar-refractivity contribution in [2.75, 3.05) is 32.2 Å².